The molecule has 0 spiro atoms. The van der Waals surface area contributed by atoms with Gasteiger partial charge < -0.3 is 9.62 Å². The molecule has 0 bridgehead atoms. The Hall–Kier alpha value is -1.65. The molecule has 0 fully saturated rings. The van der Waals surface area contributed by atoms with Crippen LogP contribution >= 0.6 is 0 Å². The van der Waals surface area contributed by atoms with Crippen molar-refractivity contribution in [2.24, 2.45) is 5.14 Å². The molecule has 0 amide bonds. The third kappa shape index (κ3) is 3.52. The number of hydrogen-bond donors (Lipinski definition) is 1. The molecule has 0 aliphatic heterocycles. The number of pyridine rings is 1. The quantitative estimate of drug-likeness (QED) is 0.606. The predicted molar refractivity (Wildman–Crippen MR) is 74.3 cm³/mol. The normalized spacial score (nSPS) is 12.9. The van der Waals surface area contributed by atoms with E-state index >= 15 is 0 Å². The first-order valence-corrected chi connectivity index (χ1v) is 9.38. The second kappa shape index (κ2) is 5.28. The number of rotatable bonds is 5. The molecule has 0 aromatic carbocycles. The van der Waals surface area contributed by atoms with Gasteiger partial charge in [-0.2, -0.15) is 4.73 Å². The van der Waals surface area contributed by atoms with E-state index in [-0.39, 0.29) is 22.4 Å². The molecule has 2 aromatic rings. The predicted octanol–water partition coefficient (Wildman–Crippen LogP) is 0.0384. The minimum absolute atomic E-state index is 0.0359. The maximum Gasteiger partial charge on any atom is 0.271 e. The summed E-state index contributed by atoms with van der Waals surface area (Å²) in [5.41, 5.74) is 0.0547. The van der Waals surface area contributed by atoms with Crippen LogP contribution in [0.25, 0.3) is 11.0 Å². The van der Waals surface area contributed by atoms with E-state index in [0.717, 1.165) is 12.3 Å². The Morgan fingerprint density at radius 2 is 1.95 bits per heavy atom. The molecule has 2 heterocycles. The summed E-state index contributed by atoms with van der Waals surface area (Å²) in [4.78, 5) is 0. The zero-order valence-corrected chi connectivity index (χ0v) is 12.8. The molecule has 0 radical (unpaired) electrons. The molecule has 0 aliphatic carbocycles. The number of fused-ring (bicyclic) bond motifs is 1. The molecule has 8 nitrogen and oxygen atoms in total. The van der Waals surface area contributed by atoms with Gasteiger partial charge in [0.05, 0.1) is 17.2 Å². The fourth-order valence-electron chi connectivity index (χ4n) is 1.89. The van der Waals surface area contributed by atoms with Crippen LogP contribution in [0.2, 0.25) is 0 Å². The van der Waals surface area contributed by atoms with Gasteiger partial charge in [-0.15, -0.1) is 0 Å². The third-order valence-electron chi connectivity index (χ3n) is 2.77. The first-order chi connectivity index (χ1) is 9.62. The Bertz CT molecular complexity index is 883. The van der Waals surface area contributed by atoms with Gasteiger partial charge in [0, 0.05) is 6.07 Å². The zero-order chi connectivity index (χ0) is 15.8. The lowest BCUT2D eigenvalue weighted by Crippen LogP contribution is -2.32. The second-order valence-electron chi connectivity index (χ2n) is 4.61. The van der Waals surface area contributed by atoms with Crippen LogP contribution in [0.15, 0.2) is 27.8 Å². The van der Waals surface area contributed by atoms with Crippen LogP contribution in [0.5, 0.6) is 0 Å². The number of nitrogens with two attached hydrogens (primary N) is 1. The number of furan rings is 1. The summed E-state index contributed by atoms with van der Waals surface area (Å²) in [6.45, 7) is 1.72. The van der Waals surface area contributed by atoms with E-state index < -0.39 is 30.7 Å². The molecule has 0 saturated carbocycles. The highest BCUT2D eigenvalue weighted by atomic mass is 32.2. The third-order valence-corrected chi connectivity index (χ3v) is 5.30. The molecule has 21 heavy (non-hydrogen) atoms. The summed E-state index contributed by atoms with van der Waals surface area (Å²) in [6.07, 6.45) is 1.50. The van der Waals surface area contributed by atoms with Gasteiger partial charge in [0.25, 0.3) is 10.0 Å². The maximum absolute atomic E-state index is 11.8. The Morgan fingerprint density at radius 3 is 2.52 bits per heavy atom. The van der Waals surface area contributed by atoms with Gasteiger partial charge in [0.2, 0.25) is 10.8 Å². The van der Waals surface area contributed by atoms with E-state index in [2.05, 4.69) is 0 Å². The molecule has 2 N–H and O–H groups in total. The summed E-state index contributed by atoms with van der Waals surface area (Å²) in [5.74, 6) is -0.475. The lowest BCUT2D eigenvalue weighted by molar-refractivity contribution is -0.611. The minimum atomic E-state index is -4.03. The molecular weight excluding hydrogens is 320 g/mol. The summed E-state index contributed by atoms with van der Waals surface area (Å²) < 4.78 is 51.3. The van der Waals surface area contributed by atoms with E-state index in [9.17, 15) is 22.0 Å². The zero-order valence-electron chi connectivity index (χ0n) is 11.1. The van der Waals surface area contributed by atoms with Crippen molar-refractivity contribution >= 4 is 30.8 Å². The van der Waals surface area contributed by atoms with Crippen LogP contribution in [-0.4, -0.2) is 22.6 Å². The van der Waals surface area contributed by atoms with Crippen molar-refractivity contribution in [2.45, 2.75) is 24.2 Å². The van der Waals surface area contributed by atoms with Crippen molar-refractivity contribution < 1.29 is 26.0 Å². The highest BCUT2D eigenvalue weighted by Crippen LogP contribution is 2.22. The highest BCUT2D eigenvalue weighted by Gasteiger charge is 2.21. The summed E-state index contributed by atoms with van der Waals surface area (Å²) in [6, 6.07) is 2.33. The average Bonchev–Trinajstić information content (AvgIpc) is 2.71. The molecule has 2 rings (SSSR count). The highest BCUT2D eigenvalue weighted by molar-refractivity contribution is 7.90. The van der Waals surface area contributed by atoms with E-state index in [1.54, 1.807) is 6.92 Å². The fraction of sp³-hybridized carbons (Fsp3) is 0.364. The second-order valence-corrected chi connectivity index (χ2v) is 8.29. The first-order valence-electron chi connectivity index (χ1n) is 6.01. The largest absolute Gasteiger partial charge is 0.618 e. The molecular formula is C11H14N2O6S2. The minimum Gasteiger partial charge on any atom is -0.618 e. The van der Waals surface area contributed by atoms with Crippen molar-refractivity contribution in [3.8, 4) is 0 Å². The van der Waals surface area contributed by atoms with Crippen LogP contribution in [0.4, 0.5) is 0 Å². The van der Waals surface area contributed by atoms with Crippen molar-refractivity contribution in [1.82, 2.24) is 0 Å². The van der Waals surface area contributed by atoms with Crippen LogP contribution < -0.4 is 9.87 Å². The average molecular weight is 334 g/mol. The van der Waals surface area contributed by atoms with Crippen LogP contribution in [0.1, 0.15) is 19.0 Å². The molecule has 0 unspecified atom stereocenters. The molecule has 0 aliphatic rings. The standard InChI is InChI=1S/C11H14N2O6S2/c1-2-3-20(15,16)7-9-5-10-8(6-13(9)14)4-11(19-10)21(12,17)18/h4-6H,2-3,7H2,1H3,(H2,12,17,18). The van der Waals surface area contributed by atoms with Crippen molar-refractivity contribution in [3.63, 3.8) is 0 Å². The molecule has 116 valence electrons. The number of sulfonamides is 1. The number of sulfone groups is 1. The SMILES string of the molecule is CCCS(=O)(=O)Cc1cc2oc(S(N)(=O)=O)cc2c[n+]1[O-]. The van der Waals surface area contributed by atoms with E-state index in [1.807, 2.05) is 0 Å². The topological polar surface area (TPSA) is 134 Å². The molecule has 0 saturated heterocycles. The lowest BCUT2D eigenvalue weighted by atomic mass is 10.3. The van der Waals surface area contributed by atoms with Gasteiger partial charge in [-0.1, -0.05) is 6.92 Å². The van der Waals surface area contributed by atoms with Crippen molar-refractivity contribution in [3.05, 3.63) is 29.2 Å². The Balaban J connectivity index is 2.50. The summed E-state index contributed by atoms with van der Waals surface area (Å²) >= 11 is 0. The van der Waals surface area contributed by atoms with Gasteiger partial charge in [-0.25, -0.2) is 22.0 Å². The van der Waals surface area contributed by atoms with Gasteiger partial charge >= 0.3 is 0 Å². The smallest absolute Gasteiger partial charge is 0.271 e. The Morgan fingerprint density at radius 1 is 1.29 bits per heavy atom. The maximum atomic E-state index is 11.8. The number of nitrogens with zero attached hydrogens (tertiary/aromatic N) is 1. The van der Waals surface area contributed by atoms with Crippen LogP contribution in [0.3, 0.4) is 0 Å². The van der Waals surface area contributed by atoms with E-state index in [1.165, 1.54) is 6.07 Å². The van der Waals surface area contributed by atoms with Crippen molar-refractivity contribution in [2.75, 3.05) is 5.75 Å². The van der Waals surface area contributed by atoms with Gasteiger partial charge in [0.1, 0.15) is 11.3 Å². The van der Waals surface area contributed by atoms with E-state index in [4.69, 9.17) is 9.56 Å². The number of hydrogen-bond acceptors (Lipinski definition) is 6. The molecule has 0 atom stereocenters. The van der Waals surface area contributed by atoms with Gasteiger partial charge in [0.15, 0.2) is 16.0 Å². The summed E-state index contributed by atoms with van der Waals surface area (Å²) in [5, 5.41) is 16.5. The summed E-state index contributed by atoms with van der Waals surface area (Å²) in [7, 11) is -7.43. The number of aromatic nitrogens is 1. The Labute approximate surface area is 121 Å². The van der Waals surface area contributed by atoms with Crippen LogP contribution in [0, 0.1) is 5.21 Å². The van der Waals surface area contributed by atoms with Crippen LogP contribution in [-0.2, 0) is 25.6 Å². The lowest BCUT2D eigenvalue weighted by Gasteiger charge is -2.04. The first kappa shape index (κ1) is 15.7. The van der Waals surface area contributed by atoms with Gasteiger partial charge in [-0.05, 0) is 6.42 Å². The molecule has 2 aromatic heterocycles. The Kier molecular flexibility index (Phi) is 3.95. The van der Waals surface area contributed by atoms with E-state index in [0.29, 0.717) is 11.2 Å². The monoisotopic (exact) mass is 334 g/mol. The van der Waals surface area contributed by atoms with Crippen molar-refractivity contribution in [1.29, 1.82) is 0 Å². The molecule has 10 heteroatoms. The van der Waals surface area contributed by atoms with Gasteiger partial charge in [-0.3, -0.25) is 0 Å². The fourth-order valence-corrected chi connectivity index (χ4v) is 3.81. The number of primary sulfonamides is 1.